The average Bonchev–Trinajstić information content (AvgIpc) is 2.60. The van der Waals surface area contributed by atoms with Gasteiger partial charge in [0, 0.05) is 23.0 Å². The molecule has 0 spiro atoms. The molecule has 0 aliphatic heterocycles. The molecule has 1 heterocycles. The predicted octanol–water partition coefficient (Wildman–Crippen LogP) is 3.41. The van der Waals surface area contributed by atoms with Crippen molar-refractivity contribution in [2.24, 2.45) is 5.92 Å². The molecule has 134 valence electrons. The second kappa shape index (κ2) is 8.58. The quantitative estimate of drug-likeness (QED) is 0.637. The smallest absolute Gasteiger partial charge is 0.229 e. The van der Waals surface area contributed by atoms with Crippen LogP contribution in [0.2, 0.25) is 0 Å². The van der Waals surface area contributed by atoms with Crippen LogP contribution >= 0.6 is 0 Å². The van der Waals surface area contributed by atoms with Crippen LogP contribution in [0.25, 0.3) is 0 Å². The van der Waals surface area contributed by atoms with Gasteiger partial charge in [-0.3, -0.25) is 4.79 Å². The number of Topliss-reactive ketones (excluding diaryl/α,β-unsaturated/α-hetero) is 1. The van der Waals surface area contributed by atoms with E-state index in [4.69, 9.17) is 0 Å². The Morgan fingerprint density at radius 2 is 1.92 bits per heavy atom. The Labute approximate surface area is 148 Å². The number of anilines is 3. The first-order chi connectivity index (χ1) is 11.9. The maximum Gasteiger partial charge on any atom is 0.229 e. The summed E-state index contributed by atoms with van der Waals surface area (Å²) in [4.78, 5) is 20.2. The molecule has 1 aromatic heterocycles. The normalized spacial score (nSPS) is 12.1. The highest BCUT2D eigenvalue weighted by molar-refractivity contribution is 5.94. The summed E-state index contributed by atoms with van der Waals surface area (Å²) in [6, 6.07) is 7.12. The lowest BCUT2D eigenvalue weighted by Gasteiger charge is -2.22. The van der Waals surface area contributed by atoms with Crippen LogP contribution in [0.4, 0.5) is 17.5 Å². The van der Waals surface area contributed by atoms with Crippen molar-refractivity contribution >= 4 is 23.2 Å². The van der Waals surface area contributed by atoms with Crippen LogP contribution in [0.5, 0.6) is 0 Å². The van der Waals surface area contributed by atoms with Gasteiger partial charge in [0.1, 0.15) is 5.82 Å². The van der Waals surface area contributed by atoms with Crippen LogP contribution in [0.15, 0.2) is 30.5 Å². The Morgan fingerprint density at radius 1 is 1.24 bits per heavy atom. The van der Waals surface area contributed by atoms with Crippen LogP contribution in [0.1, 0.15) is 43.6 Å². The first kappa shape index (κ1) is 18.9. The number of rotatable bonds is 8. The van der Waals surface area contributed by atoms with E-state index in [2.05, 4.69) is 34.4 Å². The van der Waals surface area contributed by atoms with E-state index in [9.17, 15) is 9.90 Å². The molecule has 0 fully saturated rings. The zero-order chi connectivity index (χ0) is 18.4. The third-order valence-corrected chi connectivity index (χ3v) is 4.12. The topological polar surface area (TPSA) is 87.1 Å². The number of carbonyl (C=O) groups excluding carboxylic acids is 1. The number of hydrogen-bond acceptors (Lipinski definition) is 6. The number of hydrogen-bond donors (Lipinski definition) is 3. The highest BCUT2D eigenvalue weighted by Crippen LogP contribution is 2.20. The van der Waals surface area contributed by atoms with Crippen molar-refractivity contribution in [2.75, 3.05) is 17.2 Å². The number of nitrogens with zero attached hydrogens (tertiary/aromatic N) is 2. The highest BCUT2D eigenvalue weighted by Gasteiger charge is 2.15. The van der Waals surface area contributed by atoms with Crippen molar-refractivity contribution in [3.05, 3.63) is 41.6 Å². The van der Waals surface area contributed by atoms with Crippen LogP contribution in [0, 0.1) is 5.92 Å². The molecule has 0 aliphatic carbocycles. The highest BCUT2D eigenvalue weighted by atomic mass is 16.3. The Bertz CT molecular complexity index is 714. The largest absolute Gasteiger partial charge is 0.394 e. The zero-order valence-electron chi connectivity index (χ0n) is 15.2. The monoisotopic (exact) mass is 342 g/mol. The predicted molar refractivity (Wildman–Crippen MR) is 100 cm³/mol. The number of aliphatic hydroxyl groups is 1. The number of aromatic nitrogens is 2. The molecule has 0 saturated heterocycles. The molecule has 6 heteroatoms. The summed E-state index contributed by atoms with van der Waals surface area (Å²) < 4.78 is 0. The molecule has 25 heavy (non-hydrogen) atoms. The van der Waals surface area contributed by atoms with Crippen LogP contribution < -0.4 is 10.6 Å². The fraction of sp³-hybridized carbons (Fsp3) is 0.421. The van der Waals surface area contributed by atoms with Crippen molar-refractivity contribution in [2.45, 2.75) is 40.2 Å². The lowest BCUT2D eigenvalue weighted by Crippen LogP contribution is -2.30. The van der Waals surface area contributed by atoms with Crippen molar-refractivity contribution in [1.82, 2.24) is 9.97 Å². The SMILES string of the molecule is CCc1cnc(Nc2ccc(C(C)=O)cc2)nc1N[C@@H](CO)C(C)C. The van der Waals surface area contributed by atoms with Crippen molar-refractivity contribution in [1.29, 1.82) is 0 Å². The maximum atomic E-state index is 11.3. The Morgan fingerprint density at radius 3 is 2.44 bits per heavy atom. The third kappa shape index (κ3) is 5.00. The summed E-state index contributed by atoms with van der Waals surface area (Å²) in [7, 11) is 0. The number of aliphatic hydroxyl groups excluding tert-OH is 1. The molecule has 0 aliphatic rings. The second-order valence-corrected chi connectivity index (χ2v) is 6.36. The fourth-order valence-electron chi connectivity index (χ4n) is 2.37. The van der Waals surface area contributed by atoms with Gasteiger partial charge < -0.3 is 15.7 Å². The Hall–Kier alpha value is -2.47. The van der Waals surface area contributed by atoms with E-state index in [0.29, 0.717) is 11.5 Å². The van der Waals surface area contributed by atoms with Gasteiger partial charge in [0.2, 0.25) is 5.95 Å². The van der Waals surface area contributed by atoms with Gasteiger partial charge in [0.05, 0.1) is 12.6 Å². The van der Waals surface area contributed by atoms with Crippen molar-refractivity contribution < 1.29 is 9.90 Å². The molecule has 1 aromatic carbocycles. The van der Waals surface area contributed by atoms with Gasteiger partial charge in [-0.15, -0.1) is 0 Å². The molecule has 6 nitrogen and oxygen atoms in total. The van der Waals surface area contributed by atoms with E-state index in [1.54, 1.807) is 25.3 Å². The molecular weight excluding hydrogens is 316 g/mol. The third-order valence-electron chi connectivity index (χ3n) is 4.12. The second-order valence-electron chi connectivity index (χ2n) is 6.36. The first-order valence-electron chi connectivity index (χ1n) is 8.56. The summed E-state index contributed by atoms with van der Waals surface area (Å²) in [6.07, 6.45) is 2.59. The maximum absolute atomic E-state index is 11.3. The molecule has 0 bridgehead atoms. The van der Waals surface area contributed by atoms with E-state index < -0.39 is 0 Å². The van der Waals surface area contributed by atoms with Gasteiger partial charge in [-0.05, 0) is 43.5 Å². The average molecular weight is 342 g/mol. The van der Waals surface area contributed by atoms with E-state index >= 15 is 0 Å². The van der Waals surface area contributed by atoms with E-state index in [-0.39, 0.29) is 24.3 Å². The summed E-state index contributed by atoms with van der Waals surface area (Å²) in [5, 5.41) is 16.0. The minimum Gasteiger partial charge on any atom is -0.394 e. The van der Waals surface area contributed by atoms with Gasteiger partial charge in [0.25, 0.3) is 0 Å². The Balaban J connectivity index is 2.21. The molecule has 2 rings (SSSR count). The number of ketones is 1. The molecule has 0 saturated carbocycles. The van der Waals surface area contributed by atoms with E-state index in [1.807, 2.05) is 19.1 Å². The van der Waals surface area contributed by atoms with Gasteiger partial charge in [0.15, 0.2) is 5.78 Å². The standard InChI is InChI=1S/C19H26N4O2/c1-5-14-10-20-19(23-18(14)22-17(11-24)12(2)3)21-16-8-6-15(7-9-16)13(4)25/h6-10,12,17,24H,5,11H2,1-4H3,(H2,20,21,22,23)/t17-/m0/s1. The minimum atomic E-state index is -0.0668. The molecular formula is C19H26N4O2. The minimum absolute atomic E-state index is 0.0327. The molecule has 3 N–H and O–H groups in total. The molecule has 0 amide bonds. The van der Waals surface area contributed by atoms with Crippen molar-refractivity contribution in [3.8, 4) is 0 Å². The van der Waals surface area contributed by atoms with E-state index in [0.717, 1.165) is 23.5 Å². The van der Waals surface area contributed by atoms with Gasteiger partial charge in [-0.2, -0.15) is 4.98 Å². The van der Waals surface area contributed by atoms with Gasteiger partial charge in [-0.1, -0.05) is 20.8 Å². The molecule has 0 radical (unpaired) electrons. The Kier molecular flexibility index (Phi) is 6.47. The van der Waals surface area contributed by atoms with Gasteiger partial charge >= 0.3 is 0 Å². The van der Waals surface area contributed by atoms with Crippen LogP contribution in [-0.4, -0.2) is 33.5 Å². The zero-order valence-corrected chi connectivity index (χ0v) is 15.2. The first-order valence-corrected chi connectivity index (χ1v) is 8.56. The lowest BCUT2D eigenvalue weighted by atomic mass is 10.1. The summed E-state index contributed by atoms with van der Waals surface area (Å²) in [6.45, 7) is 7.73. The lowest BCUT2D eigenvalue weighted by molar-refractivity contribution is 0.101. The number of benzene rings is 1. The summed E-state index contributed by atoms with van der Waals surface area (Å²) in [5.74, 6) is 1.51. The number of aryl methyl sites for hydroxylation is 1. The van der Waals surface area contributed by atoms with Gasteiger partial charge in [-0.25, -0.2) is 4.98 Å². The van der Waals surface area contributed by atoms with Crippen molar-refractivity contribution in [3.63, 3.8) is 0 Å². The summed E-state index contributed by atoms with van der Waals surface area (Å²) in [5.41, 5.74) is 2.47. The molecule has 0 unspecified atom stereocenters. The van der Waals surface area contributed by atoms with E-state index in [1.165, 1.54) is 0 Å². The van der Waals surface area contributed by atoms with Crippen LogP contribution in [0.3, 0.4) is 0 Å². The fourth-order valence-corrected chi connectivity index (χ4v) is 2.37. The molecule has 1 atom stereocenters. The number of nitrogens with one attached hydrogen (secondary N) is 2. The summed E-state index contributed by atoms with van der Waals surface area (Å²) >= 11 is 0. The molecule has 2 aromatic rings. The van der Waals surface area contributed by atoms with Crippen LogP contribution in [-0.2, 0) is 6.42 Å². The number of carbonyl (C=O) groups is 1.